The van der Waals surface area contributed by atoms with Crippen LogP contribution in [0.5, 0.6) is 0 Å². The van der Waals surface area contributed by atoms with E-state index in [1.165, 1.54) is 7.11 Å². The Morgan fingerprint density at radius 1 is 1.24 bits per heavy atom. The van der Waals surface area contributed by atoms with Crippen LogP contribution < -0.4 is 0 Å². The molecule has 0 amide bonds. The molecule has 4 heteroatoms. The highest BCUT2D eigenvalue weighted by molar-refractivity contribution is 6.03. The molecule has 0 saturated heterocycles. The first kappa shape index (κ1) is 13.9. The van der Waals surface area contributed by atoms with E-state index < -0.39 is 11.9 Å². The zero-order chi connectivity index (χ0) is 13.0. The van der Waals surface area contributed by atoms with Crippen molar-refractivity contribution in [2.24, 2.45) is 17.8 Å². The van der Waals surface area contributed by atoms with Crippen molar-refractivity contribution in [3.63, 3.8) is 0 Å². The number of hydrogen-bond donors (Lipinski definition) is 0. The Morgan fingerprint density at radius 3 is 2.24 bits per heavy atom. The lowest BCUT2D eigenvalue weighted by Gasteiger charge is -2.14. The summed E-state index contributed by atoms with van der Waals surface area (Å²) in [6.45, 7) is 3.45. The highest BCUT2D eigenvalue weighted by Crippen LogP contribution is 2.33. The standard InChI is InChI=1S/C13H20O4/c1-8(2)12(15)11(13(16)17-3)7-10(14)6-9-4-5-9/h8-9,11H,4-7H2,1-3H3. The van der Waals surface area contributed by atoms with Gasteiger partial charge in [-0.25, -0.2) is 0 Å². The SMILES string of the molecule is COC(=O)C(CC(=O)CC1CC1)C(=O)C(C)C. The minimum atomic E-state index is -0.911. The molecular weight excluding hydrogens is 220 g/mol. The monoisotopic (exact) mass is 240 g/mol. The van der Waals surface area contributed by atoms with Crippen molar-refractivity contribution in [1.82, 2.24) is 0 Å². The van der Waals surface area contributed by atoms with E-state index in [9.17, 15) is 14.4 Å². The molecule has 0 heterocycles. The second kappa shape index (κ2) is 5.94. The fourth-order valence-electron chi connectivity index (χ4n) is 1.80. The molecule has 1 aliphatic rings. The summed E-state index contributed by atoms with van der Waals surface area (Å²) in [6.07, 6.45) is 2.68. The zero-order valence-electron chi connectivity index (χ0n) is 10.7. The normalized spacial score (nSPS) is 16.7. The summed E-state index contributed by atoms with van der Waals surface area (Å²) in [4.78, 5) is 35.0. The van der Waals surface area contributed by atoms with Gasteiger partial charge in [-0.1, -0.05) is 13.8 Å². The third-order valence-corrected chi connectivity index (χ3v) is 3.04. The maximum atomic E-state index is 11.8. The molecule has 1 aliphatic carbocycles. The van der Waals surface area contributed by atoms with Gasteiger partial charge in [0, 0.05) is 18.8 Å². The molecule has 96 valence electrons. The number of carbonyl (C=O) groups excluding carboxylic acids is 3. The molecule has 1 unspecified atom stereocenters. The van der Waals surface area contributed by atoms with E-state index >= 15 is 0 Å². The Kier molecular flexibility index (Phi) is 4.85. The predicted octanol–water partition coefficient (Wildman–Crippen LogP) is 1.76. The lowest BCUT2D eigenvalue weighted by molar-refractivity contribution is -0.152. The number of rotatable bonds is 7. The van der Waals surface area contributed by atoms with E-state index in [1.807, 2.05) is 0 Å². The number of hydrogen-bond acceptors (Lipinski definition) is 4. The maximum absolute atomic E-state index is 11.8. The molecule has 0 spiro atoms. The molecule has 1 atom stereocenters. The molecule has 0 aliphatic heterocycles. The van der Waals surface area contributed by atoms with Crippen LogP contribution in [0.15, 0.2) is 0 Å². The van der Waals surface area contributed by atoms with E-state index in [1.54, 1.807) is 13.8 Å². The predicted molar refractivity (Wildman–Crippen MR) is 62.3 cm³/mol. The van der Waals surface area contributed by atoms with E-state index in [-0.39, 0.29) is 23.9 Å². The number of ketones is 2. The Morgan fingerprint density at radius 2 is 1.82 bits per heavy atom. The summed E-state index contributed by atoms with van der Waals surface area (Å²) in [7, 11) is 1.24. The third-order valence-electron chi connectivity index (χ3n) is 3.04. The van der Waals surface area contributed by atoms with Gasteiger partial charge in [-0.3, -0.25) is 14.4 Å². The highest BCUT2D eigenvalue weighted by atomic mass is 16.5. The third kappa shape index (κ3) is 4.29. The van der Waals surface area contributed by atoms with E-state index in [0.717, 1.165) is 12.8 Å². The van der Waals surface area contributed by atoms with Gasteiger partial charge in [0.15, 0.2) is 0 Å². The van der Waals surface area contributed by atoms with Crippen LogP contribution >= 0.6 is 0 Å². The van der Waals surface area contributed by atoms with Crippen molar-refractivity contribution < 1.29 is 19.1 Å². The summed E-state index contributed by atoms with van der Waals surface area (Å²) in [5.74, 6) is -1.49. The van der Waals surface area contributed by atoms with Gasteiger partial charge in [-0.2, -0.15) is 0 Å². The highest BCUT2D eigenvalue weighted by Gasteiger charge is 2.33. The van der Waals surface area contributed by atoms with Crippen LogP contribution in [0.2, 0.25) is 0 Å². The fraction of sp³-hybridized carbons (Fsp3) is 0.769. The lowest BCUT2D eigenvalue weighted by Crippen LogP contribution is -2.31. The average Bonchev–Trinajstić information content (AvgIpc) is 3.07. The summed E-state index contributed by atoms with van der Waals surface area (Å²) >= 11 is 0. The van der Waals surface area contributed by atoms with E-state index in [0.29, 0.717) is 12.3 Å². The molecule has 1 rings (SSSR count). The van der Waals surface area contributed by atoms with Gasteiger partial charge in [-0.15, -0.1) is 0 Å². The van der Waals surface area contributed by atoms with Crippen molar-refractivity contribution in [2.45, 2.75) is 39.5 Å². The van der Waals surface area contributed by atoms with Crippen LogP contribution in [0.1, 0.15) is 39.5 Å². The molecule has 1 fully saturated rings. The lowest BCUT2D eigenvalue weighted by atomic mass is 9.90. The second-order valence-corrected chi connectivity index (χ2v) is 5.02. The van der Waals surface area contributed by atoms with Gasteiger partial charge >= 0.3 is 5.97 Å². The van der Waals surface area contributed by atoms with Crippen LogP contribution in [-0.2, 0) is 19.1 Å². The Bertz CT molecular complexity index is 315. The summed E-state index contributed by atoms with van der Waals surface area (Å²) < 4.78 is 4.59. The molecule has 0 N–H and O–H groups in total. The Hall–Kier alpha value is -1.19. The van der Waals surface area contributed by atoms with Crippen LogP contribution in [0.3, 0.4) is 0 Å². The first-order valence-corrected chi connectivity index (χ1v) is 6.09. The van der Waals surface area contributed by atoms with Gasteiger partial charge in [-0.05, 0) is 18.8 Å². The number of ether oxygens (including phenoxy) is 1. The molecule has 0 aromatic rings. The molecule has 17 heavy (non-hydrogen) atoms. The molecule has 0 bridgehead atoms. The topological polar surface area (TPSA) is 60.4 Å². The minimum Gasteiger partial charge on any atom is -0.468 e. The maximum Gasteiger partial charge on any atom is 0.316 e. The first-order chi connectivity index (χ1) is 7.95. The van der Waals surface area contributed by atoms with Crippen molar-refractivity contribution in [3.05, 3.63) is 0 Å². The quantitative estimate of drug-likeness (QED) is 0.502. The minimum absolute atomic E-state index is 0.000185. The Labute approximate surface area is 102 Å². The van der Waals surface area contributed by atoms with Crippen LogP contribution in [0.4, 0.5) is 0 Å². The van der Waals surface area contributed by atoms with Crippen molar-refractivity contribution in [3.8, 4) is 0 Å². The van der Waals surface area contributed by atoms with Crippen LogP contribution in [-0.4, -0.2) is 24.6 Å². The number of esters is 1. The molecular formula is C13H20O4. The number of methoxy groups -OCH3 is 1. The first-order valence-electron chi connectivity index (χ1n) is 6.09. The number of carbonyl (C=O) groups is 3. The zero-order valence-corrected chi connectivity index (χ0v) is 10.7. The van der Waals surface area contributed by atoms with Crippen molar-refractivity contribution >= 4 is 17.5 Å². The van der Waals surface area contributed by atoms with Crippen LogP contribution in [0, 0.1) is 17.8 Å². The van der Waals surface area contributed by atoms with E-state index in [2.05, 4.69) is 4.74 Å². The average molecular weight is 240 g/mol. The van der Waals surface area contributed by atoms with Gasteiger partial charge in [0.05, 0.1) is 7.11 Å². The van der Waals surface area contributed by atoms with Crippen molar-refractivity contribution in [2.75, 3.05) is 7.11 Å². The molecule has 0 aromatic carbocycles. The number of Topliss-reactive ketones (excluding diaryl/α,β-unsaturated/α-hetero) is 2. The van der Waals surface area contributed by atoms with E-state index in [4.69, 9.17) is 0 Å². The molecule has 0 radical (unpaired) electrons. The second-order valence-electron chi connectivity index (χ2n) is 5.02. The van der Waals surface area contributed by atoms with Crippen molar-refractivity contribution in [1.29, 1.82) is 0 Å². The van der Waals surface area contributed by atoms with Gasteiger partial charge in [0.25, 0.3) is 0 Å². The van der Waals surface area contributed by atoms with Gasteiger partial charge in [0.2, 0.25) is 0 Å². The molecule has 4 nitrogen and oxygen atoms in total. The smallest absolute Gasteiger partial charge is 0.316 e. The van der Waals surface area contributed by atoms with Crippen LogP contribution in [0.25, 0.3) is 0 Å². The Balaban J connectivity index is 2.58. The largest absolute Gasteiger partial charge is 0.468 e. The molecule has 1 saturated carbocycles. The van der Waals surface area contributed by atoms with Gasteiger partial charge < -0.3 is 4.74 Å². The van der Waals surface area contributed by atoms with Gasteiger partial charge in [0.1, 0.15) is 17.5 Å². The fourth-order valence-corrected chi connectivity index (χ4v) is 1.80. The summed E-state index contributed by atoms with van der Waals surface area (Å²) in [5, 5.41) is 0. The molecule has 0 aromatic heterocycles. The summed E-state index contributed by atoms with van der Waals surface area (Å²) in [5.41, 5.74) is 0. The summed E-state index contributed by atoms with van der Waals surface area (Å²) in [6, 6.07) is 0.